The van der Waals surface area contributed by atoms with Crippen LogP contribution >= 0.6 is 0 Å². The molecule has 0 N–H and O–H groups in total. The number of benzene rings is 4. The van der Waals surface area contributed by atoms with Gasteiger partial charge >= 0.3 is 5.97 Å². The van der Waals surface area contributed by atoms with Crippen LogP contribution in [0.2, 0.25) is 0 Å². The van der Waals surface area contributed by atoms with Crippen molar-refractivity contribution in [1.29, 1.82) is 0 Å². The Hall–Kier alpha value is -3.05. The molecule has 4 rings (SSSR count). The Morgan fingerprint density at radius 1 is 1.00 bits per heavy atom. The quantitative estimate of drug-likeness (QED) is 0.302. The van der Waals surface area contributed by atoms with Crippen molar-refractivity contribution in [2.45, 2.75) is 12.8 Å². The minimum absolute atomic E-state index is 0.247. The van der Waals surface area contributed by atoms with Gasteiger partial charge in [0.1, 0.15) is 0 Å². The van der Waals surface area contributed by atoms with E-state index in [0.717, 1.165) is 5.56 Å². The lowest BCUT2D eigenvalue weighted by molar-refractivity contribution is -0.145. The van der Waals surface area contributed by atoms with E-state index in [2.05, 4.69) is 60.5 Å². The van der Waals surface area contributed by atoms with Gasteiger partial charge in [0.2, 0.25) is 0 Å². The highest BCUT2D eigenvalue weighted by molar-refractivity contribution is 6.23. The van der Waals surface area contributed by atoms with Crippen molar-refractivity contribution in [3.8, 4) is 12.3 Å². The van der Waals surface area contributed by atoms with Gasteiger partial charge in [-0.2, -0.15) is 0 Å². The summed E-state index contributed by atoms with van der Waals surface area (Å²) in [5.74, 6) is 2.04. The van der Waals surface area contributed by atoms with Crippen LogP contribution in [-0.4, -0.2) is 13.1 Å². The highest BCUT2D eigenvalue weighted by Crippen LogP contribution is 2.36. The van der Waals surface area contributed by atoms with Crippen LogP contribution in [0.3, 0.4) is 0 Å². The van der Waals surface area contributed by atoms with E-state index in [4.69, 9.17) is 11.2 Å². The molecule has 0 unspecified atom stereocenters. The van der Waals surface area contributed by atoms with Crippen LogP contribution in [0.15, 0.2) is 54.6 Å². The fraction of sp³-hybridized carbons (Fsp3) is 0.174. The molecule has 0 aromatic heterocycles. The predicted octanol–water partition coefficient (Wildman–Crippen LogP) is 4.94. The Morgan fingerprint density at radius 2 is 1.64 bits per heavy atom. The molecule has 1 atom stereocenters. The van der Waals surface area contributed by atoms with Crippen LogP contribution in [-0.2, 0) is 16.0 Å². The Kier molecular flexibility index (Phi) is 3.78. The summed E-state index contributed by atoms with van der Waals surface area (Å²) < 4.78 is 4.93. The maximum absolute atomic E-state index is 12.1. The van der Waals surface area contributed by atoms with Crippen LogP contribution in [0.4, 0.5) is 0 Å². The molecule has 4 aromatic carbocycles. The summed E-state index contributed by atoms with van der Waals surface area (Å²) in [4.78, 5) is 12.1. The topological polar surface area (TPSA) is 26.3 Å². The van der Waals surface area contributed by atoms with Gasteiger partial charge in [0.25, 0.3) is 0 Å². The van der Waals surface area contributed by atoms with E-state index in [1.54, 1.807) is 0 Å². The third kappa shape index (κ3) is 2.49. The normalized spacial score (nSPS) is 12.5. The van der Waals surface area contributed by atoms with E-state index >= 15 is 0 Å². The molecule has 2 nitrogen and oxygen atoms in total. The van der Waals surface area contributed by atoms with Crippen molar-refractivity contribution < 1.29 is 9.53 Å². The van der Waals surface area contributed by atoms with Gasteiger partial charge in [-0.25, -0.2) is 0 Å². The number of terminal acetylenes is 1. The number of rotatable bonds is 4. The third-order valence-corrected chi connectivity index (χ3v) is 4.98. The van der Waals surface area contributed by atoms with Gasteiger partial charge in [-0.3, -0.25) is 4.79 Å². The second-order valence-corrected chi connectivity index (χ2v) is 6.41. The van der Waals surface area contributed by atoms with Crippen LogP contribution in [0, 0.1) is 18.3 Å². The second kappa shape index (κ2) is 6.11. The average Bonchev–Trinajstić information content (AvgIpc) is 2.66. The molecule has 0 heterocycles. The second-order valence-electron chi connectivity index (χ2n) is 6.41. The molecule has 0 aliphatic heterocycles. The SMILES string of the molecule is C#CC[C@H](Cc1ccc2ccc3cccc4ccc1c2c34)C(=O)OC. The molecule has 2 heteroatoms. The molecule has 122 valence electrons. The summed E-state index contributed by atoms with van der Waals surface area (Å²) in [6, 6.07) is 19.2. The lowest BCUT2D eigenvalue weighted by Gasteiger charge is -2.16. The molecule has 25 heavy (non-hydrogen) atoms. The molecule has 0 bridgehead atoms. The van der Waals surface area contributed by atoms with E-state index in [-0.39, 0.29) is 11.9 Å². The van der Waals surface area contributed by atoms with Crippen LogP contribution in [0.25, 0.3) is 32.3 Å². The van der Waals surface area contributed by atoms with Gasteiger partial charge < -0.3 is 4.74 Å². The molecule has 0 saturated carbocycles. The minimum atomic E-state index is -0.312. The van der Waals surface area contributed by atoms with E-state index < -0.39 is 0 Å². The Bertz CT molecular complexity index is 1100. The largest absolute Gasteiger partial charge is 0.469 e. The van der Waals surface area contributed by atoms with Crippen molar-refractivity contribution in [3.05, 3.63) is 60.2 Å². The molecule has 0 amide bonds. The zero-order chi connectivity index (χ0) is 17.4. The first-order chi connectivity index (χ1) is 12.2. The summed E-state index contributed by atoms with van der Waals surface area (Å²) >= 11 is 0. The Labute approximate surface area is 146 Å². The van der Waals surface area contributed by atoms with E-state index in [9.17, 15) is 4.79 Å². The molecular formula is C23H18O2. The number of hydrogen-bond acceptors (Lipinski definition) is 2. The monoisotopic (exact) mass is 326 g/mol. The predicted molar refractivity (Wildman–Crippen MR) is 103 cm³/mol. The maximum Gasteiger partial charge on any atom is 0.309 e. The van der Waals surface area contributed by atoms with Crippen molar-refractivity contribution in [3.63, 3.8) is 0 Å². The standard InChI is InChI=1S/C23H18O2/c1-3-5-19(23(24)25-2)14-18-11-10-17-9-8-15-6-4-7-16-12-13-20(18)22(17)21(15)16/h1,4,6-13,19H,5,14H2,2H3/t19-/m1/s1. The number of methoxy groups -OCH3 is 1. The van der Waals surface area contributed by atoms with Gasteiger partial charge in [0.05, 0.1) is 13.0 Å². The number of hydrogen-bond donors (Lipinski definition) is 0. The molecular weight excluding hydrogens is 308 g/mol. The van der Waals surface area contributed by atoms with Crippen LogP contribution in [0.5, 0.6) is 0 Å². The Morgan fingerprint density at radius 3 is 2.32 bits per heavy atom. The summed E-state index contributed by atoms with van der Waals surface area (Å²) in [6.07, 6.45) is 6.42. The van der Waals surface area contributed by atoms with Gasteiger partial charge in [-0.1, -0.05) is 54.6 Å². The van der Waals surface area contributed by atoms with Crippen molar-refractivity contribution in [2.24, 2.45) is 5.92 Å². The maximum atomic E-state index is 12.1. The molecule has 0 saturated heterocycles. The Balaban J connectivity index is 1.93. The molecule has 0 fully saturated rings. The zero-order valence-corrected chi connectivity index (χ0v) is 14.1. The lowest BCUT2D eigenvalue weighted by Crippen LogP contribution is -2.18. The van der Waals surface area contributed by atoms with Crippen molar-refractivity contribution >= 4 is 38.3 Å². The van der Waals surface area contributed by atoms with Gasteiger partial charge in [-0.05, 0) is 44.3 Å². The first kappa shape index (κ1) is 15.5. The highest BCUT2D eigenvalue weighted by Gasteiger charge is 2.20. The van der Waals surface area contributed by atoms with Crippen molar-refractivity contribution in [2.75, 3.05) is 7.11 Å². The minimum Gasteiger partial charge on any atom is -0.469 e. The highest BCUT2D eigenvalue weighted by atomic mass is 16.5. The fourth-order valence-electron chi connectivity index (χ4n) is 3.79. The number of ether oxygens (including phenoxy) is 1. The first-order valence-electron chi connectivity index (χ1n) is 8.39. The summed E-state index contributed by atoms with van der Waals surface area (Å²) in [5.41, 5.74) is 1.14. The van der Waals surface area contributed by atoms with Crippen LogP contribution in [0.1, 0.15) is 12.0 Å². The van der Waals surface area contributed by atoms with E-state index in [1.165, 1.54) is 39.4 Å². The van der Waals surface area contributed by atoms with E-state index in [1.807, 2.05) is 0 Å². The smallest absolute Gasteiger partial charge is 0.309 e. The van der Waals surface area contributed by atoms with Gasteiger partial charge in [0, 0.05) is 6.42 Å². The van der Waals surface area contributed by atoms with Gasteiger partial charge in [-0.15, -0.1) is 12.3 Å². The number of carbonyl (C=O) groups is 1. The molecule has 4 aromatic rings. The van der Waals surface area contributed by atoms with Crippen LogP contribution < -0.4 is 0 Å². The third-order valence-electron chi connectivity index (χ3n) is 4.98. The summed E-state index contributed by atoms with van der Waals surface area (Å²) in [5, 5.41) is 7.42. The zero-order valence-electron chi connectivity index (χ0n) is 14.1. The first-order valence-corrected chi connectivity index (χ1v) is 8.39. The molecule has 0 aliphatic carbocycles. The molecule has 0 radical (unpaired) electrons. The lowest BCUT2D eigenvalue weighted by atomic mass is 9.88. The van der Waals surface area contributed by atoms with Gasteiger partial charge in [0.15, 0.2) is 0 Å². The summed E-state index contributed by atoms with van der Waals surface area (Å²) in [7, 11) is 1.41. The summed E-state index contributed by atoms with van der Waals surface area (Å²) in [6.45, 7) is 0. The fourth-order valence-corrected chi connectivity index (χ4v) is 3.79. The van der Waals surface area contributed by atoms with Crippen molar-refractivity contribution in [1.82, 2.24) is 0 Å². The number of esters is 1. The average molecular weight is 326 g/mol. The number of carbonyl (C=O) groups excluding carboxylic acids is 1. The molecule has 0 aliphatic rings. The molecule has 0 spiro atoms. The van der Waals surface area contributed by atoms with E-state index in [0.29, 0.717) is 12.8 Å².